The number of aliphatic hydroxyl groups is 1. The highest BCUT2D eigenvalue weighted by atomic mass is 16.3. The standard InChI is InChI=1S/C14H17N3O2/c18-12-8-4-3-7-11(12)17-14(19)13-15-9-5-1-2-6-10(9)16-13/h1-2,5-6,11-12,18H,3-4,7-8H2,(H,15,16)(H,17,19)/t11-,12-/m0/s1. The van der Waals surface area contributed by atoms with E-state index in [1.165, 1.54) is 0 Å². The van der Waals surface area contributed by atoms with Crippen LogP contribution in [0, 0.1) is 0 Å². The molecular weight excluding hydrogens is 242 g/mol. The molecule has 0 aliphatic heterocycles. The Balaban J connectivity index is 1.76. The molecule has 1 aliphatic carbocycles. The number of aromatic amines is 1. The van der Waals surface area contributed by atoms with Crippen molar-refractivity contribution in [1.29, 1.82) is 0 Å². The third kappa shape index (κ3) is 2.46. The molecule has 0 bridgehead atoms. The number of aliphatic hydroxyl groups excluding tert-OH is 1. The molecule has 1 aromatic heterocycles. The van der Waals surface area contributed by atoms with E-state index in [4.69, 9.17) is 0 Å². The fraction of sp³-hybridized carbons (Fsp3) is 0.429. The minimum absolute atomic E-state index is 0.158. The van der Waals surface area contributed by atoms with Gasteiger partial charge in [0.15, 0.2) is 5.82 Å². The number of para-hydroxylation sites is 2. The summed E-state index contributed by atoms with van der Waals surface area (Å²) in [5, 5.41) is 12.7. The average molecular weight is 259 g/mol. The number of carbonyl (C=O) groups excluding carboxylic acids is 1. The number of imidazole rings is 1. The van der Waals surface area contributed by atoms with Crippen molar-refractivity contribution in [2.45, 2.75) is 37.8 Å². The number of hydrogen-bond acceptors (Lipinski definition) is 3. The molecule has 100 valence electrons. The summed E-state index contributed by atoms with van der Waals surface area (Å²) in [7, 11) is 0. The highest BCUT2D eigenvalue weighted by molar-refractivity contribution is 5.94. The van der Waals surface area contributed by atoms with Crippen molar-refractivity contribution < 1.29 is 9.90 Å². The summed E-state index contributed by atoms with van der Waals surface area (Å²) in [5.74, 6) is 0.0566. The summed E-state index contributed by atoms with van der Waals surface area (Å²) in [6.45, 7) is 0. The predicted molar refractivity (Wildman–Crippen MR) is 71.8 cm³/mol. The van der Waals surface area contributed by atoms with E-state index in [9.17, 15) is 9.90 Å². The van der Waals surface area contributed by atoms with Crippen LogP contribution in [0.3, 0.4) is 0 Å². The Hall–Kier alpha value is -1.88. The summed E-state index contributed by atoms with van der Waals surface area (Å²) >= 11 is 0. The number of carbonyl (C=O) groups is 1. The summed E-state index contributed by atoms with van der Waals surface area (Å²) < 4.78 is 0. The van der Waals surface area contributed by atoms with Crippen LogP contribution in [0.1, 0.15) is 36.3 Å². The Bertz CT molecular complexity index is 560. The molecular formula is C14H17N3O2. The number of H-pyrrole nitrogens is 1. The minimum atomic E-state index is -0.443. The number of nitrogens with zero attached hydrogens (tertiary/aromatic N) is 1. The molecule has 1 aromatic carbocycles. The Morgan fingerprint density at radius 2 is 2.11 bits per heavy atom. The fourth-order valence-corrected chi connectivity index (χ4v) is 2.58. The van der Waals surface area contributed by atoms with E-state index in [1.807, 2.05) is 24.3 Å². The molecule has 1 amide bonds. The lowest BCUT2D eigenvalue weighted by atomic mass is 9.92. The van der Waals surface area contributed by atoms with Crippen LogP contribution in [0.2, 0.25) is 0 Å². The molecule has 0 spiro atoms. The van der Waals surface area contributed by atoms with Gasteiger partial charge in [0.2, 0.25) is 0 Å². The number of amides is 1. The van der Waals surface area contributed by atoms with Crippen molar-refractivity contribution in [2.24, 2.45) is 0 Å². The van der Waals surface area contributed by atoms with Crippen molar-refractivity contribution in [3.8, 4) is 0 Å². The van der Waals surface area contributed by atoms with E-state index in [2.05, 4.69) is 15.3 Å². The second-order valence-electron chi connectivity index (χ2n) is 5.03. The van der Waals surface area contributed by atoms with Gasteiger partial charge in [0.05, 0.1) is 23.2 Å². The number of aromatic nitrogens is 2. The van der Waals surface area contributed by atoms with Crippen molar-refractivity contribution in [3.63, 3.8) is 0 Å². The van der Waals surface area contributed by atoms with Gasteiger partial charge in [-0.2, -0.15) is 0 Å². The third-order valence-electron chi connectivity index (χ3n) is 3.65. The summed E-state index contributed by atoms with van der Waals surface area (Å²) in [6, 6.07) is 7.37. The smallest absolute Gasteiger partial charge is 0.287 e. The Morgan fingerprint density at radius 1 is 1.32 bits per heavy atom. The van der Waals surface area contributed by atoms with Gasteiger partial charge in [-0.25, -0.2) is 4.98 Å². The van der Waals surface area contributed by atoms with Crippen LogP contribution in [0.5, 0.6) is 0 Å². The van der Waals surface area contributed by atoms with E-state index >= 15 is 0 Å². The first kappa shape index (κ1) is 12.2. The van der Waals surface area contributed by atoms with E-state index in [-0.39, 0.29) is 11.9 Å². The van der Waals surface area contributed by atoms with Crippen LogP contribution in [0.15, 0.2) is 24.3 Å². The van der Waals surface area contributed by atoms with Crippen molar-refractivity contribution in [3.05, 3.63) is 30.1 Å². The van der Waals surface area contributed by atoms with Crippen LogP contribution in [0.25, 0.3) is 11.0 Å². The molecule has 1 aliphatic rings. The van der Waals surface area contributed by atoms with Gasteiger partial charge in [-0.15, -0.1) is 0 Å². The van der Waals surface area contributed by atoms with Gasteiger partial charge in [-0.3, -0.25) is 4.79 Å². The largest absolute Gasteiger partial charge is 0.391 e. The Morgan fingerprint density at radius 3 is 2.89 bits per heavy atom. The Kier molecular flexibility index (Phi) is 3.21. The number of nitrogens with one attached hydrogen (secondary N) is 2. The summed E-state index contributed by atoms with van der Waals surface area (Å²) in [5.41, 5.74) is 1.62. The van der Waals surface area contributed by atoms with Crippen LogP contribution in [0.4, 0.5) is 0 Å². The SMILES string of the molecule is O=C(N[C@H]1CCCC[C@@H]1O)c1nc2ccccc2[nH]1. The molecule has 5 heteroatoms. The molecule has 2 aromatic rings. The van der Waals surface area contributed by atoms with Gasteiger partial charge in [-0.05, 0) is 25.0 Å². The lowest BCUT2D eigenvalue weighted by Crippen LogP contribution is -2.45. The third-order valence-corrected chi connectivity index (χ3v) is 3.65. The molecule has 1 fully saturated rings. The average Bonchev–Trinajstić information content (AvgIpc) is 2.85. The molecule has 3 N–H and O–H groups in total. The van der Waals surface area contributed by atoms with Crippen LogP contribution >= 0.6 is 0 Å². The van der Waals surface area contributed by atoms with Gasteiger partial charge < -0.3 is 15.4 Å². The van der Waals surface area contributed by atoms with Crippen LogP contribution < -0.4 is 5.32 Å². The molecule has 2 atom stereocenters. The van der Waals surface area contributed by atoms with Gasteiger partial charge >= 0.3 is 0 Å². The molecule has 0 radical (unpaired) electrons. The van der Waals surface area contributed by atoms with E-state index in [0.29, 0.717) is 5.82 Å². The van der Waals surface area contributed by atoms with Crippen LogP contribution in [-0.2, 0) is 0 Å². The van der Waals surface area contributed by atoms with Gasteiger partial charge in [0.25, 0.3) is 5.91 Å². The number of fused-ring (bicyclic) bond motifs is 1. The molecule has 0 unspecified atom stereocenters. The van der Waals surface area contributed by atoms with Gasteiger partial charge in [-0.1, -0.05) is 25.0 Å². The Labute approximate surface area is 111 Å². The molecule has 0 saturated heterocycles. The normalized spacial score (nSPS) is 23.4. The van der Waals surface area contributed by atoms with Gasteiger partial charge in [0, 0.05) is 0 Å². The predicted octanol–water partition coefficient (Wildman–Crippen LogP) is 1.60. The van der Waals surface area contributed by atoms with Gasteiger partial charge in [0.1, 0.15) is 0 Å². The number of benzene rings is 1. The van der Waals surface area contributed by atoms with Crippen molar-refractivity contribution in [2.75, 3.05) is 0 Å². The zero-order valence-electron chi connectivity index (χ0n) is 10.6. The fourth-order valence-electron chi connectivity index (χ4n) is 2.58. The lowest BCUT2D eigenvalue weighted by molar-refractivity contribution is 0.0711. The van der Waals surface area contributed by atoms with E-state index in [0.717, 1.165) is 36.7 Å². The maximum absolute atomic E-state index is 12.1. The van der Waals surface area contributed by atoms with E-state index in [1.54, 1.807) is 0 Å². The second-order valence-corrected chi connectivity index (χ2v) is 5.03. The number of hydrogen-bond donors (Lipinski definition) is 3. The second kappa shape index (κ2) is 5.01. The maximum atomic E-state index is 12.1. The topological polar surface area (TPSA) is 78.0 Å². The first-order valence-electron chi connectivity index (χ1n) is 6.68. The molecule has 1 heterocycles. The lowest BCUT2D eigenvalue weighted by Gasteiger charge is -2.27. The molecule has 3 rings (SSSR count). The first-order valence-corrected chi connectivity index (χ1v) is 6.68. The highest BCUT2D eigenvalue weighted by Gasteiger charge is 2.25. The highest BCUT2D eigenvalue weighted by Crippen LogP contribution is 2.19. The van der Waals surface area contributed by atoms with Crippen molar-refractivity contribution >= 4 is 16.9 Å². The van der Waals surface area contributed by atoms with Crippen LogP contribution in [-0.4, -0.2) is 33.1 Å². The summed E-state index contributed by atoms with van der Waals surface area (Å²) in [4.78, 5) is 19.4. The van der Waals surface area contributed by atoms with Crippen molar-refractivity contribution in [1.82, 2.24) is 15.3 Å². The molecule has 5 nitrogen and oxygen atoms in total. The minimum Gasteiger partial charge on any atom is -0.391 e. The first-order chi connectivity index (χ1) is 9.24. The van der Waals surface area contributed by atoms with E-state index < -0.39 is 6.10 Å². The maximum Gasteiger partial charge on any atom is 0.287 e. The number of rotatable bonds is 2. The zero-order valence-corrected chi connectivity index (χ0v) is 10.6. The summed E-state index contributed by atoms with van der Waals surface area (Å²) in [6.07, 6.45) is 3.21. The zero-order chi connectivity index (χ0) is 13.2. The molecule has 19 heavy (non-hydrogen) atoms. The quantitative estimate of drug-likeness (QED) is 0.766. The monoisotopic (exact) mass is 259 g/mol. The molecule has 1 saturated carbocycles.